The Labute approximate surface area is 239 Å². The molecule has 0 aliphatic carbocycles. The third-order valence-electron chi connectivity index (χ3n) is 5.99. The number of rotatable bonds is 7. The largest absolute Gasteiger partial charge is 0.488 e. The molecule has 9 heteroatoms. The summed E-state index contributed by atoms with van der Waals surface area (Å²) in [6, 6.07) is 28.7. The van der Waals surface area contributed by atoms with E-state index in [1.807, 2.05) is 30.3 Å². The van der Waals surface area contributed by atoms with Gasteiger partial charge in [0, 0.05) is 22.4 Å². The minimum atomic E-state index is -0.404. The fourth-order valence-corrected chi connectivity index (χ4v) is 5.29. The van der Waals surface area contributed by atoms with Gasteiger partial charge >= 0.3 is 0 Å². The van der Waals surface area contributed by atoms with Gasteiger partial charge in [-0.15, -0.1) is 0 Å². The molecule has 6 nitrogen and oxygen atoms in total. The van der Waals surface area contributed by atoms with E-state index in [1.54, 1.807) is 48.5 Å². The zero-order chi connectivity index (χ0) is 28.1. The normalized spacial score (nSPS) is 13.8. The van der Waals surface area contributed by atoms with Gasteiger partial charge in [-0.25, -0.2) is 4.39 Å². The van der Waals surface area contributed by atoms with E-state index in [0.29, 0.717) is 43.0 Å². The third kappa shape index (κ3) is 5.94. The van der Waals surface area contributed by atoms with E-state index < -0.39 is 11.7 Å². The summed E-state index contributed by atoms with van der Waals surface area (Å²) in [4.78, 5) is 28.0. The molecule has 4 aromatic carbocycles. The van der Waals surface area contributed by atoms with E-state index in [0.717, 1.165) is 17.3 Å². The number of benzene rings is 4. The molecule has 5 rings (SSSR count). The molecule has 0 atom stereocenters. The number of carbonyl (C=O) groups excluding carboxylic acids is 2. The van der Waals surface area contributed by atoms with Crippen LogP contribution in [0.5, 0.6) is 5.75 Å². The van der Waals surface area contributed by atoms with E-state index in [4.69, 9.17) is 17.0 Å². The number of thiocarbonyl (C=S) groups is 1. The van der Waals surface area contributed by atoms with Gasteiger partial charge in [0.2, 0.25) is 0 Å². The maximum atomic E-state index is 13.4. The predicted molar refractivity (Wildman–Crippen MR) is 158 cm³/mol. The first-order chi connectivity index (χ1) is 19.4. The highest BCUT2D eigenvalue weighted by atomic mass is 32.2. The summed E-state index contributed by atoms with van der Waals surface area (Å²) in [6.45, 7) is 0.197. The van der Waals surface area contributed by atoms with Crippen LogP contribution < -0.4 is 15.0 Å². The second-order valence-corrected chi connectivity index (χ2v) is 10.3. The van der Waals surface area contributed by atoms with Gasteiger partial charge in [-0.2, -0.15) is 5.26 Å². The number of para-hydroxylation sites is 1. The van der Waals surface area contributed by atoms with E-state index in [1.165, 1.54) is 29.2 Å². The first-order valence-corrected chi connectivity index (χ1v) is 13.3. The molecule has 0 saturated carbocycles. The number of ether oxygens (including phenoxy) is 1. The Morgan fingerprint density at radius 3 is 2.58 bits per heavy atom. The van der Waals surface area contributed by atoms with Crippen molar-refractivity contribution >= 4 is 57.6 Å². The van der Waals surface area contributed by atoms with Crippen molar-refractivity contribution in [1.29, 1.82) is 5.26 Å². The maximum absolute atomic E-state index is 13.4. The number of hydrogen-bond donors (Lipinski definition) is 1. The standard InChI is InChI=1S/C31H20FN3O3S2/c32-24-12-14-25(15-13-24)34-29(36)21-9-5-10-26(16-21)35-30(37)28(40-31(35)39)17-20-6-3-4-11-27(20)38-19-23-8-2-1-7-22(23)18-33/h1-17H,19H2,(H,34,36)/b28-17+. The number of nitrogens with zero attached hydrogens (tertiary/aromatic N) is 2. The number of halogens is 1. The smallest absolute Gasteiger partial charge is 0.270 e. The first-order valence-electron chi connectivity index (χ1n) is 12.1. The van der Waals surface area contributed by atoms with E-state index >= 15 is 0 Å². The molecule has 1 heterocycles. The molecule has 0 radical (unpaired) electrons. The van der Waals surface area contributed by atoms with Crippen LogP contribution in [0, 0.1) is 17.1 Å². The topological polar surface area (TPSA) is 82.4 Å². The van der Waals surface area contributed by atoms with Crippen LogP contribution in [-0.4, -0.2) is 16.1 Å². The molecule has 196 valence electrons. The Hall–Kier alpha value is -4.78. The van der Waals surface area contributed by atoms with Gasteiger partial charge in [0.1, 0.15) is 18.2 Å². The number of hydrogen-bond acceptors (Lipinski definition) is 6. The molecule has 2 amide bonds. The van der Waals surface area contributed by atoms with E-state index in [2.05, 4.69) is 11.4 Å². The van der Waals surface area contributed by atoms with Crippen LogP contribution >= 0.6 is 24.0 Å². The lowest BCUT2D eigenvalue weighted by atomic mass is 10.1. The summed E-state index contributed by atoms with van der Waals surface area (Å²) in [6.07, 6.45) is 1.72. The van der Waals surface area contributed by atoms with Crippen molar-refractivity contribution < 1.29 is 18.7 Å². The molecular formula is C31H20FN3O3S2. The van der Waals surface area contributed by atoms with Crippen LogP contribution in [-0.2, 0) is 11.4 Å². The van der Waals surface area contributed by atoms with Gasteiger partial charge in [-0.3, -0.25) is 14.5 Å². The lowest BCUT2D eigenvalue weighted by Gasteiger charge is -2.15. The molecule has 1 aliphatic heterocycles. The highest BCUT2D eigenvalue weighted by molar-refractivity contribution is 8.27. The van der Waals surface area contributed by atoms with Gasteiger partial charge in [-0.1, -0.05) is 66.4 Å². The summed E-state index contributed by atoms with van der Waals surface area (Å²) in [7, 11) is 0. The predicted octanol–water partition coefficient (Wildman–Crippen LogP) is 6.93. The number of anilines is 2. The van der Waals surface area contributed by atoms with Crippen LogP contribution in [0.2, 0.25) is 0 Å². The lowest BCUT2D eigenvalue weighted by Crippen LogP contribution is -2.27. The van der Waals surface area contributed by atoms with Crippen molar-refractivity contribution in [2.24, 2.45) is 0 Å². The average molecular weight is 566 g/mol. The van der Waals surface area contributed by atoms with Crippen molar-refractivity contribution in [3.8, 4) is 11.8 Å². The van der Waals surface area contributed by atoms with Crippen molar-refractivity contribution in [1.82, 2.24) is 0 Å². The summed E-state index contributed by atoms with van der Waals surface area (Å²) in [5.74, 6) is -0.574. The molecule has 0 aromatic heterocycles. The van der Waals surface area contributed by atoms with Crippen molar-refractivity contribution in [3.63, 3.8) is 0 Å². The molecule has 0 unspecified atom stereocenters. The summed E-state index contributed by atoms with van der Waals surface area (Å²) >= 11 is 6.68. The van der Waals surface area contributed by atoms with Gasteiger partial charge < -0.3 is 10.1 Å². The number of thioether (sulfide) groups is 1. The van der Waals surface area contributed by atoms with E-state index in [9.17, 15) is 19.2 Å². The summed E-state index contributed by atoms with van der Waals surface area (Å²) < 4.78 is 19.5. The number of nitrogens with one attached hydrogen (secondary N) is 1. The Morgan fingerprint density at radius 1 is 1.02 bits per heavy atom. The fraction of sp³-hybridized carbons (Fsp3) is 0.0323. The zero-order valence-electron chi connectivity index (χ0n) is 20.8. The third-order valence-corrected chi connectivity index (χ3v) is 7.29. The first kappa shape index (κ1) is 26.8. The molecule has 1 saturated heterocycles. The Balaban J connectivity index is 1.35. The van der Waals surface area contributed by atoms with Gasteiger partial charge in [0.05, 0.1) is 22.2 Å². The van der Waals surface area contributed by atoms with Gasteiger partial charge in [-0.05, 0) is 60.7 Å². The maximum Gasteiger partial charge on any atom is 0.270 e. The summed E-state index contributed by atoms with van der Waals surface area (Å²) in [5.41, 5.74) is 3.20. The fourth-order valence-electron chi connectivity index (χ4n) is 4.00. The lowest BCUT2D eigenvalue weighted by molar-refractivity contribution is -0.113. The summed E-state index contributed by atoms with van der Waals surface area (Å²) in [5, 5.41) is 12.1. The Kier molecular flexibility index (Phi) is 8.01. The molecule has 1 aliphatic rings. The van der Waals surface area contributed by atoms with Crippen molar-refractivity contribution in [3.05, 3.63) is 130 Å². The second kappa shape index (κ2) is 11.9. The van der Waals surface area contributed by atoms with Crippen LogP contribution in [0.25, 0.3) is 6.08 Å². The Morgan fingerprint density at radius 2 is 1.77 bits per heavy atom. The molecule has 1 fully saturated rings. The minimum Gasteiger partial charge on any atom is -0.488 e. The number of amides is 2. The van der Waals surface area contributed by atoms with Gasteiger partial charge in [0.15, 0.2) is 4.32 Å². The van der Waals surface area contributed by atoms with E-state index in [-0.39, 0.29) is 12.5 Å². The molecule has 0 bridgehead atoms. The monoisotopic (exact) mass is 565 g/mol. The zero-order valence-corrected chi connectivity index (χ0v) is 22.5. The highest BCUT2D eigenvalue weighted by Crippen LogP contribution is 2.37. The minimum absolute atomic E-state index is 0.197. The van der Waals surface area contributed by atoms with Gasteiger partial charge in [0.25, 0.3) is 11.8 Å². The van der Waals surface area contributed by atoms with Crippen LogP contribution in [0.15, 0.2) is 102 Å². The SMILES string of the molecule is N#Cc1ccccc1COc1ccccc1/C=C1/SC(=S)N(c2cccc(C(=O)Nc3ccc(F)cc3)c2)C1=O. The second-order valence-electron chi connectivity index (χ2n) is 8.62. The quantitative estimate of drug-likeness (QED) is 0.193. The molecule has 4 aromatic rings. The average Bonchev–Trinajstić information content (AvgIpc) is 3.25. The number of nitriles is 1. The Bertz CT molecular complexity index is 1700. The van der Waals surface area contributed by atoms with Crippen LogP contribution in [0.3, 0.4) is 0 Å². The molecule has 1 N–H and O–H groups in total. The number of carbonyl (C=O) groups is 2. The van der Waals surface area contributed by atoms with Crippen molar-refractivity contribution in [2.45, 2.75) is 6.61 Å². The molecule has 0 spiro atoms. The molecular weight excluding hydrogens is 545 g/mol. The highest BCUT2D eigenvalue weighted by Gasteiger charge is 2.33. The van der Waals surface area contributed by atoms with Crippen molar-refractivity contribution in [2.75, 3.05) is 10.2 Å². The molecule has 40 heavy (non-hydrogen) atoms. The van der Waals surface area contributed by atoms with Crippen LogP contribution in [0.4, 0.5) is 15.8 Å². The van der Waals surface area contributed by atoms with Crippen LogP contribution in [0.1, 0.15) is 27.0 Å².